The minimum atomic E-state index is -0.859. The smallest absolute Gasteiger partial charge is 0.321 e. The third-order valence-electron chi connectivity index (χ3n) is 5.50. The second-order valence-electron chi connectivity index (χ2n) is 8.10. The number of rotatable bonds is 17. The van der Waals surface area contributed by atoms with E-state index in [0.29, 0.717) is 32.5 Å². The summed E-state index contributed by atoms with van der Waals surface area (Å²) in [5.41, 5.74) is 0. The summed E-state index contributed by atoms with van der Waals surface area (Å²) in [5.74, 6) is -0.960. The maximum atomic E-state index is 11.7. The van der Waals surface area contributed by atoms with E-state index in [4.69, 9.17) is 9.84 Å². The van der Waals surface area contributed by atoms with E-state index in [1.807, 2.05) is 4.90 Å². The molecule has 1 rings (SSSR count). The molecule has 1 aliphatic heterocycles. The van der Waals surface area contributed by atoms with Gasteiger partial charge in [-0.05, 0) is 32.2 Å². The minimum Gasteiger partial charge on any atom is -0.480 e. The molecule has 0 radical (unpaired) electrons. The maximum absolute atomic E-state index is 11.7. The zero-order valence-corrected chi connectivity index (χ0v) is 17.7. The summed E-state index contributed by atoms with van der Waals surface area (Å²) in [5, 5.41) is 18.8. The number of carboxylic acids is 1. The van der Waals surface area contributed by atoms with Gasteiger partial charge in [0, 0.05) is 19.4 Å². The molecule has 2 atom stereocenters. The Kier molecular flexibility index (Phi) is 14.0. The lowest BCUT2D eigenvalue weighted by Gasteiger charge is -2.20. The number of hydrogen-bond acceptors (Lipinski definition) is 5. The van der Waals surface area contributed by atoms with Crippen molar-refractivity contribution in [2.45, 2.75) is 109 Å². The van der Waals surface area contributed by atoms with Crippen LogP contribution in [-0.4, -0.2) is 58.9 Å². The molecule has 1 aliphatic rings. The Morgan fingerprint density at radius 3 is 2.18 bits per heavy atom. The van der Waals surface area contributed by atoms with Gasteiger partial charge in [-0.15, -0.1) is 0 Å². The van der Waals surface area contributed by atoms with E-state index in [1.165, 1.54) is 44.9 Å². The highest BCUT2D eigenvalue weighted by molar-refractivity contribution is 5.74. The van der Waals surface area contributed by atoms with Gasteiger partial charge in [0.05, 0.1) is 12.7 Å². The van der Waals surface area contributed by atoms with Crippen molar-refractivity contribution in [2.24, 2.45) is 0 Å². The van der Waals surface area contributed by atoms with Gasteiger partial charge in [-0.25, -0.2) is 0 Å². The van der Waals surface area contributed by atoms with Gasteiger partial charge in [0.1, 0.15) is 6.04 Å². The molecule has 1 fully saturated rings. The van der Waals surface area contributed by atoms with E-state index in [0.717, 1.165) is 32.1 Å². The standard InChI is InChI=1S/C22H41NO5/c1-2-3-4-5-6-7-8-9-11-14-21(25)28-16-13-10-12-15-23-18-19(24)17-20(23)22(26)27/h19-20,24H,2-18H2,1H3,(H,26,27)/t19?,20-/m0/s1. The highest BCUT2D eigenvalue weighted by atomic mass is 16.5. The van der Waals surface area contributed by atoms with Crippen LogP contribution in [0.3, 0.4) is 0 Å². The lowest BCUT2D eigenvalue weighted by Crippen LogP contribution is -2.36. The van der Waals surface area contributed by atoms with E-state index >= 15 is 0 Å². The highest BCUT2D eigenvalue weighted by Gasteiger charge is 2.35. The minimum absolute atomic E-state index is 0.100. The van der Waals surface area contributed by atoms with Crippen LogP contribution < -0.4 is 0 Å². The Bertz CT molecular complexity index is 429. The molecule has 6 heteroatoms. The molecule has 6 nitrogen and oxygen atoms in total. The van der Waals surface area contributed by atoms with Gasteiger partial charge in [0.25, 0.3) is 0 Å². The molecule has 28 heavy (non-hydrogen) atoms. The number of carbonyl (C=O) groups is 2. The van der Waals surface area contributed by atoms with Crippen molar-refractivity contribution < 1.29 is 24.5 Å². The van der Waals surface area contributed by atoms with Crippen molar-refractivity contribution in [1.82, 2.24) is 4.90 Å². The molecule has 0 saturated carbocycles. The van der Waals surface area contributed by atoms with Crippen molar-refractivity contribution in [3.63, 3.8) is 0 Å². The van der Waals surface area contributed by atoms with Crippen LogP contribution in [-0.2, 0) is 14.3 Å². The van der Waals surface area contributed by atoms with Crippen molar-refractivity contribution in [3.05, 3.63) is 0 Å². The molecule has 0 aliphatic carbocycles. The Morgan fingerprint density at radius 1 is 0.929 bits per heavy atom. The zero-order valence-electron chi connectivity index (χ0n) is 17.7. The van der Waals surface area contributed by atoms with Crippen LogP contribution in [0, 0.1) is 0 Å². The first-order chi connectivity index (χ1) is 13.5. The van der Waals surface area contributed by atoms with Crippen molar-refractivity contribution in [2.75, 3.05) is 19.7 Å². The number of unbranched alkanes of at least 4 members (excludes halogenated alkanes) is 10. The van der Waals surface area contributed by atoms with E-state index < -0.39 is 18.1 Å². The zero-order chi connectivity index (χ0) is 20.6. The summed E-state index contributed by atoms with van der Waals surface area (Å²) in [7, 11) is 0. The van der Waals surface area contributed by atoms with E-state index in [9.17, 15) is 14.7 Å². The molecular weight excluding hydrogens is 358 g/mol. The molecule has 0 amide bonds. The SMILES string of the molecule is CCCCCCCCCCCC(=O)OCCCCCN1CC(O)C[C@H]1C(=O)O. The Labute approximate surface area is 170 Å². The third kappa shape index (κ3) is 11.6. The van der Waals surface area contributed by atoms with Crippen LogP contribution in [0.4, 0.5) is 0 Å². The van der Waals surface area contributed by atoms with Gasteiger partial charge in [-0.1, -0.05) is 58.3 Å². The number of esters is 1. The number of likely N-dealkylation sites (tertiary alicyclic amines) is 1. The number of aliphatic hydroxyl groups is 1. The predicted molar refractivity (Wildman–Crippen MR) is 110 cm³/mol. The van der Waals surface area contributed by atoms with Crippen LogP contribution in [0.5, 0.6) is 0 Å². The van der Waals surface area contributed by atoms with E-state index in [-0.39, 0.29) is 5.97 Å². The average molecular weight is 400 g/mol. The fourth-order valence-corrected chi connectivity index (χ4v) is 3.82. The summed E-state index contributed by atoms with van der Waals surface area (Å²) >= 11 is 0. The first-order valence-corrected chi connectivity index (χ1v) is 11.3. The molecule has 1 heterocycles. The van der Waals surface area contributed by atoms with Crippen molar-refractivity contribution in [3.8, 4) is 0 Å². The molecule has 0 bridgehead atoms. The monoisotopic (exact) mass is 399 g/mol. The van der Waals surface area contributed by atoms with Gasteiger partial charge < -0.3 is 14.9 Å². The average Bonchev–Trinajstić information content (AvgIpc) is 3.04. The molecule has 0 spiro atoms. The number of carboxylic acid groups (broad SMARTS) is 1. The van der Waals surface area contributed by atoms with E-state index in [2.05, 4.69) is 6.92 Å². The first kappa shape index (κ1) is 24.9. The summed E-state index contributed by atoms with van der Waals surface area (Å²) < 4.78 is 5.28. The second-order valence-corrected chi connectivity index (χ2v) is 8.10. The van der Waals surface area contributed by atoms with Crippen LogP contribution >= 0.6 is 0 Å². The number of carbonyl (C=O) groups excluding carboxylic acids is 1. The summed E-state index contributed by atoms with van der Waals surface area (Å²) in [4.78, 5) is 24.7. The molecule has 1 unspecified atom stereocenters. The van der Waals surface area contributed by atoms with E-state index in [1.54, 1.807) is 0 Å². The Hall–Kier alpha value is -1.14. The Morgan fingerprint density at radius 2 is 1.54 bits per heavy atom. The fourth-order valence-electron chi connectivity index (χ4n) is 3.82. The molecule has 2 N–H and O–H groups in total. The molecular formula is C22H41NO5. The lowest BCUT2D eigenvalue weighted by molar-refractivity contribution is -0.144. The number of β-amino-alcohol motifs (C(OH)–C–C–N with tert-alkyl or cyclic N) is 1. The summed E-state index contributed by atoms with van der Waals surface area (Å²) in [6, 6.07) is -0.566. The number of ether oxygens (including phenoxy) is 1. The number of aliphatic hydroxyl groups excluding tert-OH is 1. The van der Waals surface area contributed by atoms with Crippen LogP contribution in [0.2, 0.25) is 0 Å². The quantitative estimate of drug-likeness (QED) is 0.282. The molecule has 1 saturated heterocycles. The molecule has 0 aromatic carbocycles. The molecule has 164 valence electrons. The summed E-state index contributed by atoms with van der Waals surface area (Å²) in [6.45, 7) is 3.78. The first-order valence-electron chi connectivity index (χ1n) is 11.3. The van der Waals surface area contributed by atoms with Gasteiger partial charge in [0.15, 0.2) is 0 Å². The number of nitrogens with zero attached hydrogens (tertiary/aromatic N) is 1. The van der Waals surface area contributed by atoms with Crippen molar-refractivity contribution in [1.29, 1.82) is 0 Å². The van der Waals surface area contributed by atoms with Crippen molar-refractivity contribution >= 4 is 11.9 Å². The Balaban J connectivity index is 1.89. The second kappa shape index (κ2) is 15.7. The largest absolute Gasteiger partial charge is 0.480 e. The normalized spacial score (nSPS) is 19.8. The van der Waals surface area contributed by atoms with Gasteiger partial charge in [0.2, 0.25) is 0 Å². The van der Waals surface area contributed by atoms with Gasteiger partial charge >= 0.3 is 11.9 Å². The summed E-state index contributed by atoms with van der Waals surface area (Å²) in [6.07, 6.45) is 14.0. The third-order valence-corrected chi connectivity index (χ3v) is 5.50. The molecule has 0 aromatic heterocycles. The number of hydrogen-bond donors (Lipinski definition) is 2. The van der Waals surface area contributed by atoms with Crippen LogP contribution in [0.1, 0.15) is 96.8 Å². The fraction of sp³-hybridized carbons (Fsp3) is 0.909. The maximum Gasteiger partial charge on any atom is 0.321 e. The number of aliphatic carboxylic acids is 1. The highest BCUT2D eigenvalue weighted by Crippen LogP contribution is 2.19. The lowest BCUT2D eigenvalue weighted by atomic mass is 10.1. The van der Waals surface area contributed by atoms with Crippen LogP contribution in [0.25, 0.3) is 0 Å². The van der Waals surface area contributed by atoms with Gasteiger partial charge in [-0.3, -0.25) is 14.5 Å². The molecule has 0 aromatic rings. The van der Waals surface area contributed by atoms with Gasteiger partial charge in [-0.2, -0.15) is 0 Å². The van der Waals surface area contributed by atoms with Crippen LogP contribution in [0.15, 0.2) is 0 Å². The predicted octanol–water partition coefficient (Wildman–Crippen LogP) is 4.14. The topological polar surface area (TPSA) is 87.1 Å².